The molecule has 0 saturated heterocycles. The Morgan fingerprint density at radius 2 is 1.63 bits per heavy atom. The molecule has 4 aromatic carbocycles. The highest BCUT2D eigenvalue weighted by Gasteiger charge is 2.21. The minimum atomic E-state index is -0.696. The third kappa shape index (κ3) is 5.39. The number of carbonyl (C=O) groups excluding carboxylic acids is 1. The van der Waals surface area contributed by atoms with Crippen LogP contribution in [0, 0.1) is 5.82 Å². The molecule has 9 heteroatoms. The molecule has 0 atom stereocenters. The highest BCUT2D eigenvalue weighted by atomic mass is 18.2. The normalized spacial score (nSPS) is 13.1. The van der Waals surface area contributed by atoms with Crippen LogP contribution in [0.1, 0.15) is 27.0 Å². The molecule has 8 nitrogen and oxygen atoms in total. The average Bonchev–Trinajstić information content (AvgIpc) is 3.03. The van der Waals surface area contributed by atoms with Gasteiger partial charge in [0.25, 0.3) is 5.91 Å². The Morgan fingerprint density at radius 3 is 2.35 bits per heavy atom. The van der Waals surface area contributed by atoms with Crippen LogP contribution in [-0.4, -0.2) is 50.2 Å². The molecule has 0 radical (unpaired) electrons. The van der Waals surface area contributed by atoms with Crippen LogP contribution in [0.4, 0.5) is 10.1 Å². The van der Waals surface area contributed by atoms with Crippen molar-refractivity contribution in [1.29, 1.82) is 0 Å². The predicted molar refractivity (Wildman–Crippen MR) is 165 cm³/mol. The highest BCUT2D eigenvalue weighted by molar-refractivity contribution is 6.13. The molecule has 43 heavy (non-hydrogen) atoms. The zero-order chi connectivity index (χ0) is 30.1. The van der Waals surface area contributed by atoms with Gasteiger partial charge in [-0.1, -0.05) is 18.2 Å². The Labute approximate surface area is 248 Å². The maximum absolute atomic E-state index is 14.8. The quantitative estimate of drug-likeness (QED) is 0.229. The molecule has 0 bridgehead atoms. The topological polar surface area (TPSA) is 92.9 Å². The van der Waals surface area contributed by atoms with Gasteiger partial charge in [0, 0.05) is 25.3 Å². The highest BCUT2D eigenvalue weighted by Crippen LogP contribution is 2.33. The standard InChI is InChI=1S/C34H32FN3O5/c1-41-27-6-4-5-24-31(27)37-32-25(11-12-26(35)30(32)33(24)39)34(40)36-23-9-7-20(8-10-23)13-15-38-16-14-21-17-28(42-2)29(43-3)18-22(21)19-38/h4-12,17-18H,13-16,19H2,1-3H3,(H,36,40)(H,37,39)/i35-1. The number of amides is 1. The van der Waals surface area contributed by atoms with E-state index >= 15 is 0 Å². The lowest BCUT2D eigenvalue weighted by atomic mass is 9.98. The molecule has 5 aromatic rings. The first-order valence-corrected chi connectivity index (χ1v) is 14.1. The molecule has 0 spiro atoms. The van der Waals surface area contributed by atoms with Gasteiger partial charge in [0.2, 0.25) is 0 Å². The molecule has 0 fully saturated rings. The van der Waals surface area contributed by atoms with Crippen LogP contribution in [0.2, 0.25) is 0 Å². The van der Waals surface area contributed by atoms with E-state index in [1.54, 1.807) is 32.4 Å². The third-order valence-corrected chi connectivity index (χ3v) is 8.09. The lowest BCUT2D eigenvalue weighted by molar-refractivity contribution is 0.102. The fourth-order valence-corrected chi connectivity index (χ4v) is 5.77. The molecule has 0 unspecified atom stereocenters. The number of hydrogen-bond donors (Lipinski definition) is 2. The van der Waals surface area contributed by atoms with Crippen molar-refractivity contribution in [2.75, 3.05) is 39.7 Å². The first-order chi connectivity index (χ1) is 20.9. The Balaban J connectivity index is 1.16. The van der Waals surface area contributed by atoms with E-state index in [0.29, 0.717) is 17.0 Å². The Kier molecular flexibility index (Phi) is 7.73. The SMILES string of the molecule is COc1cc2c(cc1OC)CN(CCc1ccc(NC(=O)c3ccc([18F])c4c(=O)c5cccc(OC)c5[nH]c34)cc1)CC2. The summed E-state index contributed by atoms with van der Waals surface area (Å²) in [5.74, 6) is 0.779. The van der Waals surface area contributed by atoms with Gasteiger partial charge in [-0.2, -0.15) is 0 Å². The molecule has 2 heterocycles. The van der Waals surface area contributed by atoms with Crippen molar-refractivity contribution in [2.24, 2.45) is 0 Å². The summed E-state index contributed by atoms with van der Waals surface area (Å²) in [7, 11) is 4.79. The Bertz CT molecular complexity index is 1900. The number of pyridine rings is 1. The van der Waals surface area contributed by atoms with Gasteiger partial charge < -0.3 is 24.5 Å². The van der Waals surface area contributed by atoms with Gasteiger partial charge in [-0.25, -0.2) is 4.39 Å². The summed E-state index contributed by atoms with van der Waals surface area (Å²) in [5, 5.41) is 3.00. The van der Waals surface area contributed by atoms with Crippen LogP contribution in [0.25, 0.3) is 21.8 Å². The van der Waals surface area contributed by atoms with Crippen LogP contribution in [0.15, 0.2) is 71.5 Å². The zero-order valence-corrected chi connectivity index (χ0v) is 24.3. The first-order valence-electron chi connectivity index (χ1n) is 14.1. The van der Waals surface area contributed by atoms with E-state index in [9.17, 15) is 14.0 Å². The molecule has 6 rings (SSSR count). The van der Waals surface area contributed by atoms with E-state index in [-0.39, 0.29) is 21.9 Å². The van der Waals surface area contributed by atoms with Crippen molar-refractivity contribution in [3.05, 3.63) is 105 Å². The minimum Gasteiger partial charge on any atom is -0.495 e. The van der Waals surface area contributed by atoms with E-state index in [2.05, 4.69) is 27.3 Å². The number of hydrogen-bond acceptors (Lipinski definition) is 6. The largest absolute Gasteiger partial charge is 0.495 e. The fourth-order valence-electron chi connectivity index (χ4n) is 5.77. The summed E-state index contributed by atoms with van der Waals surface area (Å²) in [6.45, 7) is 2.70. The predicted octanol–water partition coefficient (Wildman–Crippen LogP) is 5.70. The number of aromatic nitrogens is 1. The molecular weight excluding hydrogens is 548 g/mol. The Hall–Kier alpha value is -4.89. The number of H-pyrrole nitrogens is 1. The summed E-state index contributed by atoms with van der Waals surface area (Å²) in [6, 6.07) is 19.3. The number of anilines is 1. The second kappa shape index (κ2) is 11.8. The van der Waals surface area contributed by atoms with Crippen molar-refractivity contribution >= 4 is 33.4 Å². The van der Waals surface area contributed by atoms with Crippen LogP contribution >= 0.6 is 0 Å². The molecule has 0 saturated carbocycles. The van der Waals surface area contributed by atoms with Crippen LogP contribution in [0.3, 0.4) is 0 Å². The minimum absolute atomic E-state index is 0.121. The monoisotopic (exact) mass is 580 g/mol. The van der Waals surface area contributed by atoms with Crippen LogP contribution in [-0.2, 0) is 19.4 Å². The van der Waals surface area contributed by atoms with Crippen LogP contribution in [0.5, 0.6) is 17.2 Å². The number of benzene rings is 4. The second-order valence-electron chi connectivity index (χ2n) is 10.6. The molecule has 1 aromatic heterocycles. The number of aromatic amines is 1. The fraction of sp³-hybridized carbons (Fsp3) is 0.235. The van der Waals surface area contributed by atoms with E-state index in [4.69, 9.17) is 14.2 Å². The van der Waals surface area contributed by atoms with E-state index in [1.807, 2.05) is 24.3 Å². The second-order valence-corrected chi connectivity index (χ2v) is 10.6. The average molecular weight is 581 g/mol. The van der Waals surface area contributed by atoms with E-state index in [0.717, 1.165) is 55.6 Å². The van der Waals surface area contributed by atoms with Gasteiger partial charge in [0.1, 0.15) is 11.6 Å². The van der Waals surface area contributed by atoms with E-state index in [1.165, 1.54) is 24.3 Å². The van der Waals surface area contributed by atoms with Gasteiger partial charge in [0.15, 0.2) is 16.9 Å². The lowest BCUT2D eigenvalue weighted by Crippen LogP contribution is -2.32. The number of carbonyl (C=O) groups is 1. The molecule has 1 amide bonds. The smallest absolute Gasteiger partial charge is 0.257 e. The van der Waals surface area contributed by atoms with Gasteiger partial charge in [-0.15, -0.1) is 0 Å². The zero-order valence-electron chi connectivity index (χ0n) is 24.3. The molecule has 1 aliphatic heterocycles. The van der Waals surface area contributed by atoms with Crippen molar-refractivity contribution < 1.29 is 23.4 Å². The summed E-state index contributed by atoms with van der Waals surface area (Å²) < 4.78 is 31.1. The molecule has 220 valence electrons. The summed E-state index contributed by atoms with van der Waals surface area (Å²) in [6.07, 6.45) is 1.81. The maximum Gasteiger partial charge on any atom is 0.257 e. The van der Waals surface area contributed by atoms with Crippen molar-refractivity contribution in [2.45, 2.75) is 19.4 Å². The van der Waals surface area contributed by atoms with Gasteiger partial charge >= 0.3 is 0 Å². The number of para-hydroxylation sites is 1. The molecule has 0 aliphatic carbocycles. The van der Waals surface area contributed by atoms with Gasteiger partial charge in [-0.05, 0) is 78.1 Å². The number of ether oxygens (including phenoxy) is 3. The number of halogens is 1. The first kappa shape index (κ1) is 28.2. The van der Waals surface area contributed by atoms with Gasteiger partial charge in [0.05, 0.1) is 48.7 Å². The molecule has 2 N–H and O–H groups in total. The number of rotatable bonds is 8. The lowest BCUT2D eigenvalue weighted by Gasteiger charge is -2.29. The summed E-state index contributed by atoms with van der Waals surface area (Å²) in [4.78, 5) is 32.0. The number of nitrogens with zero attached hydrogens (tertiary/aromatic N) is 1. The van der Waals surface area contributed by atoms with Gasteiger partial charge in [-0.3, -0.25) is 14.5 Å². The third-order valence-electron chi connectivity index (χ3n) is 8.09. The van der Waals surface area contributed by atoms with Crippen LogP contribution < -0.4 is 25.0 Å². The summed E-state index contributed by atoms with van der Waals surface area (Å²) >= 11 is 0. The van der Waals surface area contributed by atoms with E-state index < -0.39 is 17.2 Å². The summed E-state index contributed by atoms with van der Waals surface area (Å²) in [5.41, 5.74) is 4.46. The number of nitrogens with one attached hydrogen (secondary N) is 2. The molecule has 1 aliphatic rings. The Morgan fingerprint density at radius 1 is 0.907 bits per heavy atom. The van der Waals surface area contributed by atoms with Crippen molar-refractivity contribution in [1.82, 2.24) is 9.88 Å². The molecular formula is C34H32FN3O5. The van der Waals surface area contributed by atoms with Crippen molar-refractivity contribution in [3.8, 4) is 17.2 Å². The van der Waals surface area contributed by atoms with Crippen molar-refractivity contribution in [3.63, 3.8) is 0 Å². The number of methoxy groups -OCH3 is 3. The number of fused-ring (bicyclic) bond motifs is 3. The maximum atomic E-state index is 14.8.